The molecule has 4 aromatic rings. The van der Waals surface area contributed by atoms with Crippen LogP contribution in [-0.2, 0) is 35.2 Å². The number of nitrogens with one attached hydrogen (secondary N) is 4. The van der Waals surface area contributed by atoms with Crippen LogP contribution >= 0.6 is 11.3 Å². The number of β-amino-alcohol motifs (C(OH)–C–C–N with tert-alkyl or cyclic N) is 1. The van der Waals surface area contributed by atoms with E-state index in [1.54, 1.807) is 79.2 Å². The van der Waals surface area contributed by atoms with Crippen molar-refractivity contribution in [1.82, 2.24) is 20.5 Å². The Labute approximate surface area is 373 Å². The van der Waals surface area contributed by atoms with Crippen LogP contribution in [0.2, 0.25) is 0 Å². The van der Waals surface area contributed by atoms with Crippen molar-refractivity contribution in [2.45, 2.75) is 111 Å². The smallest absolute Gasteiger partial charge is 0.255 e. The average Bonchev–Trinajstić information content (AvgIpc) is 3.83. The number of nitrogens with two attached hydrogens (primary N) is 1. The molecule has 2 heterocycles. The third-order valence-corrected chi connectivity index (χ3v) is 11.7. The Morgan fingerprint density at radius 1 is 0.889 bits per heavy atom. The lowest BCUT2D eigenvalue weighted by molar-refractivity contribution is -0.146. The van der Waals surface area contributed by atoms with Crippen LogP contribution in [-0.4, -0.2) is 93.7 Å². The molecule has 338 valence electrons. The van der Waals surface area contributed by atoms with Gasteiger partial charge in [-0.1, -0.05) is 57.2 Å². The van der Waals surface area contributed by atoms with Crippen LogP contribution in [0.5, 0.6) is 0 Å². The molecule has 1 saturated heterocycles. The number of aliphatic hydroxyl groups excluding tert-OH is 1. The summed E-state index contributed by atoms with van der Waals surface area (Å²) in [4.78, 5) is 73.2. The molecule has 7 N–H and O–H groups in total. The molecule has 1 aromatic heterocycles. The number of aliphatic hydroxyl groups is 1. The van der Waals surface area contributed by atoms with E-state index in [2.05, 4.69) is 26.3 Å². The van der Waals surface area contributed by atoms with E-state index in [0.717, 1.165) is 21.7 Å². The van der Waals surface area contributed by atoms with Gasteiger partial charge < -0.3 is 46.5 Å². The molecule has 63 heavy (non-hydrogen) atoms. The van der Waals surface area contributed by atoms with Crippen molar-refractivity contribution in [1.29, 1.82) is 0 Å². The SMILES string of the molecule is Cc1ncsc1-c1ccc(CNC(=O)[C@@H]2C[C@@H](O)CN2C(=O)[C@@H](NC(=O)COC(C)(C)CCOC(C)(C)CC(=O)Nc2ccc(C(=O)Nc3ccccc3N)cc2)C(C)(C)C)cc1. The predicted octanol–water partition coefficient (Wildman–Crippen LogP) is 6.07. The number of rotatable bonds is 18. The van der Waals surface area contributed by atoms with Crippen molar-refractivity contribution in [2.75, 3.05) is 36.1 Å². The van der Waals surface area contributed by atoms with E-state index in [4.69, 9.17) is 15.2 Å². The molecule has 0 spiro atoms. The highest BCUT2D eigenvalue weighted by Gasteiger charge is 2.44. The number of amides is 5. The number of likely N-dealkylation sites (tertiary alicyclic amines) is 1. The highest BCUT2D eigenvalue weighted by atomic mass is 32.1. The second kappa shape index (κ2) is 20.7. The van der Waals surface area contributed by atoms with Gasteiger partial charge in [-0.25, -0.2) is 4.98 Å². The fraction of sp³-hybridized carbons (Fsp3) is 0.447. The standard InChI is InChI=1S/C47H61N7O8S/c1-29-40(63-28-50-29)31-15-13-30(14-16-31)25-49-43(59)37-23-34(55)26-54(37)44(60)41(45(2,3)4)53-39(57)27-62-46(5,6)21-22-61-47(7,8)24-38(56)51-33-19-17-32(18-20-33)42(58)52-36-12-10-9-11-35(36)48/h9-20,28,34,37,41,55H,21-27,48H2,1-8H3,(H,49,59)(H,51,56)(H,52,58)(H,53,57)/t34-,37+,41-/m1/s1. The zero-order valence-electron chi connectivity index (χ0n) is 37.4. The fourth-order valence-corrected chi connectivity index (χ4v) is 7.85. The number of ether oxygens (including phenoxy) is 2. The topological polar surface area (TPSA) is 214 Å². The maximum atomic E-state index is 14.1. The van der Waals surface area contributed by atoms with Crippen molar-refractivity contribution in [3.63, 3.8) is 0 Å². The number of nitrogen functional groups attached to an aromatic ring is 1. The van der Waals surface area contributed by atoms with Gasteiger partial charge in [-0.3, -0.25) is 24.0 Å². The molecule has 0 saturated carbocycles. The van der Waals surface area contributed by atoms with Crippen molar-refractivity contribution < 1.29 is 38.6 Å². The Morgan fingerprint density at radius 2 is 1.57 bits per heavy atom. The minimum Gasteiger partial charge on any atom is -0.397 e. The van der Waals surface area contributed by atoms with Gasteiger partial charge in [-0.15, -0.1) is 11.3 Å². The number of benzene rings is 3. The summed E-state index contributed by atoms with van der Waals surface area (Å²) < 4.78 is 12.1. The minimum absolute atomic E-state index is 0.0386. The van der Waals surface area contributed by atoms with E-state index in [9.17, 15) is 29.1 Å². The highest BCUT2D eigenvalue weighted by molar-refractivity contribution is 7.13. The second-order valence-corrected chi connectivity index (χ2v) is 19.0. The van der Waals surface area contributed by atoms with Gasteiger partial charge in [0, 0.05) is 30.8 Å². The average molecular weight is 884 g/mol. The quantitative estimate of drug-likeness (QED) is 0.0635. The minimum atomic E-state index is -1.01. The van der Waals surface area contributed by atoms with Gasteiger partial charge in [0.05, 0.1) is 57.8 Å². The maximum absolute atomic E-state index is 14.1. The highest BCUT2D eigenvalue weighted by Crippen LogP contribution is 2.29. The first kappa shape index (κ1) is 48.4. The van der Waals surface area contributed by atoms with Crippen LogP contribution in [0.15, 0.2) is 78.3 Å². The molecule has 0 unspecified atom stereocenters. The Kier molecular flexibility index (Phi) is 15.9. The predicted molar refractivity (Wildman–Crippen MR) is 245 cm³/mol. The van der Waals surface area contributed by atoms with Gasteiger partial charge in [-0.2, -0.15) is 0 Å². The summed E-state index contributed by atoms with van der Waals surface area (Å²) in [6, 6.07) is 19.4. The van der Waals surface area contributed by atoms with Crippen molar-refractivity contribution in [3.05, 3.63) is 95.1 Å². The van der Waals surface area contributed by atoms with Gasteiger partial charge in [-0.05, 0) is 94.0 Å². The lowest BCUT2D eigenvalue weighted by Gasteiger charge is -2.35. The summed E-state index contributed by atoms with van der Waals surface area (Å²) in [5.41, 5.74) is 10.1. The van der Waals surface area contributed by atoms with Gasteiger partial charge >= 0.3 is 0 Å². The summed E-state index contributed by atoms with van der Waals surface area (Å²) in [5.74, 6) is -1.97. The number of aryl methyl sites for hydroxylation is 1. The molecule has 0 bridgehead atoms. The monoisotopic (exact) mass is 883 g/mol. The van der Waals surface area contributed by atoms with E-state index in [0.29, 0.717) is 29.0 Å². The Balaban J connectivity index is 1.06. The third-order valence-electron chi connectivity index (χ3n) is 10.7. The Hall–Kier alpha value is -5.68. The molecule has 3 aromatic carbocycles. The van der Waals surface area contributed by atoms with Crippen LogP contribution in [0.3, 0.4) is 0 Å². The van der Waals surface area contributed by atoms with E-state index in [1.807, 2.05) is 65.8 Å². The van der Waals surface area contributed by atoms with Crippen LogP contribution in [0.4, 0.5) is 17.1 Å². The number of hydrogen-bond acceptors (Lipinski definition) is 11. The summed E-state index contributed by atoms with van der Waals surface area (Å²) in [6.07, 6.45) is -0.375. The number of nitrogens with zero attached hydrogens (tertiary/aromatic N) is 2. The molecule has 15 nitrogen and oxygen atoms in total. The first-order valence-corrected chi connectivity index (χ1v) is 21.9. The zero-order chi connectivity index (χ0) is 46.1. The number of carbonyl (C=O) groups excluding carboxylic acids is 5. The Bertz CT molecular complexity index is 2230. The molecule has 0 aliphatic carbocycles. The van der Waals surface area contributed by atoms with Gasteiger partial charge in [0.15, 0.2) is 0 Å². The lowest BCUT2D eigenvalue weighted by Crippen LogP contribution is -2.58. The van der Waals surface area contributed by atoms with Gasteiger partial charge in [0.2, 0.25) is 23.6 Å². The number of thiazole rings is 1. The molecular weight excluding hydrogens is 823 g/mol. The largest absolute Gasteiger partial charge is 0.397 e. The van der Waals surface area contributed by atoms with Crippen molar-refractivity contribution >= 4 is 57.9 Å². The fourth-order valence-electron chi connectivity index (χ4n) is 7.04. The third kappa shape index (κ3) is 13.9. The lowest BCUT2D eigenvalue weighted by atomic mass is 9.85. The van der Waals surface area contributed by atoms with Crippen LogP contribution in [0.1, 0.15) is 89.3 Å². The first-order valence-electron chi connectivity index (χ1n) is 21.0. The maximum Gasteiger partial charge on any atom is 0.255 e. The summed E-state index contributed by atoms with van der Waals surface area (Å²) in [7, 11) is 0. The molecule has 5 amide bonds. The molecule has 1 aliphatic rings. The molecule has 1 aliphatic heterocycles. The normalized spacial score (nSPS) is 16.0. The number of anilines is 3. The van der Waals surface area contributed by atoms with Crippen molar-refractivity contribution in [3.8, 4) is 10.4 Å². The number of para-hydroxylation sites is 2. The van der Waals surface area contributed by atoms with E-state index >= 15 is 0 Å². The molecule has 1 fully saturated rings. The molecule has 3 atom stereocenters. The molecule has 16 heteroatoms. The van der Waals surface area contributed by atoms with E-state index < -0.39 is 46.6 Å². The summed E-state index contributed by atoms with van der Waals surface area (Å²) in [6.45, 7) is 14.8. The summed E-state index contributed by atoms with van der Waals surface area (Å²) in [5, 5.41) is 22.0. The van der Waals surface area contributed by atoms with Crippen LogP contribution in [0, 0.1) is 12.3 Å². The Morgan fingerprint density at radius 3 is 2.21 bits per heavy atom. The molecule has 5 rings (SSSR count). The first-order chi connectivity index (χ1) is 29.6. The second-order valence-electron chi connectivity index (χ2n) is 18.2. The van der Waals surface area contributed by atoms with E-state index in [-0.39, 0.29) is 56.9 Å². The van der Waals surface area contributed by atoms with Gasteiger partial charge in [0.1, 0.15) is 18.7 Å². The van der Waals surface area contributed by atoms with Crippen LogP contribution in [0.25, 0.3) is 10.4 Å². The van der Waals surface area contributed by atoms with Crippen LogP contribution < -0.4 is 27.0 Å². The zero-order valence-corrected chi connectivity index (χ0v) is 38.2. The number of carbonyl (C=O) groups is 5. The number of aromatic nitrogens is 1. The summed E-state index contributed by atoms with van der Waals surface area (Å²) >= 11 is 1.56. The van der Waals surface area contributed by atoms with Gasteiger partial charge in [0.25, 0.3) is 5.91 Å². The van der Waals surface area contributed by atoms with E-state index in [1.165, 1.54) is 4.90 Å². The van der Waals surface area contributed by atoms with Crippen molar-refractivity contribution in [2.24, 2.45) is 5.41 Å². The molecular formula is C47H61N7O8S. The molecule has 0 radical (unpaired) electrons. The number of hydrogen-bond donors (Lipinski definition) is 6.